The minimum absolute atomic E-state index is 0.275. The van der Waals surface area contributed by atoms with Crippen molar-refractivity contribution in [3.63, 3.8) is 0 Å². The monoisotopic (exact) mass is 266 g/mol. The van der Waals surface area contributed by atoms with E-state index in [9.17, 15) is 0 Å². The maximum absolute atomic E-state index is 6.26. The number of nitrogens with zero attached hydrogens (tertiary/aromatic N) is 1. The van der Waals surface area contributed by atoms with Gasteiger partial charge in [-0.1, -0.05) is 46.0 Å². The molecule has 2 fully saturated rings. The molecule has 0 amide bonds. The minimum atomic E-state index is 0.275. The number of likely N-dealkylation sites (N-methyl/N-ethyl adjacent to an activating group) is 1. The third-order valence-corrected chi connectivity index (χ3v) is 5.80. The van der Waals surface area contributed by atoms with Crippen LogP contribution in [0.25, 0.3) is 0 Å². The van der Waals surface area contributed by atoms with Crippen LogP contribution in [0.3, 0.4) is 0 Å². The standard InChI is InChI=1S/C17H34N2/c1-16(2)11-8-12-17(13-16,14-18)19(3)15-9-6-4-5-7-10-15/h15H,4-14,18H2,1-3H3. The Morgan fingerprint density at radius 1 is 1.00 bits per heavy atom. The molecule has 0 bridgehead atoms. The molecular weight excluding hydrogens is 232 g/mol. The lowest BCUT2D eigenvalue weighted by Crippen LogP contribution is -2.59. The highest BCUT2D eigenvalue weighted by Gasteiger charge is 2.43. The summed E-state index contributed by atoms with van der Waals surface area (Å²) in [6.45, 7) is 5.69. The van der Waals surface area contributed by atoms with Crippen LogP contribution in [0.2, 0.25) is 0 Å². The van der Waals surface area contributed by atoms with Crippen molar-refractivity contribution in [3.05, 3.63) is 0 Å². The van der Waals surface area contributed by atoms with Crippen molar-refractivity contribution in [2.75, 3.05) is 13.6 Å². The summed E-state index contributed by atoms with van der Waals surface area (Å²) in [6, 6.07) is 0.778. The van der Waals surface area contributed by atoms with Gasteiger partial charge in [0.05, 0.1) is 0 Å². The molecule has 0 aliphatic heterocycles. The highest BCUT2D eigenvalue weighted by Crippen LogP contribution is 2.44. The topological polar surface area (TPSA) is 29.3 Å². The van der Waals surface area contributed by atoms with E-state index in [4.69, 9.17) is 5.73 Å². The molecule has 0 heterocycles. The molecule has 0 saturated heterocycles. The Kier molecular flexibility index (Phi) is 4.94. The first-order valence-corrected chi connectivity index (χ1v) is 8.42. The Balaban J connectivity index is 2.10. The van der Waals surface area contributed by atoms with Crippen LogP contribution in [0, 0.1) is 5.41 Å². The van der Waals surface area contributed by atoms with Gasteiger partial charge in [0.2, 0.25) is 0 Å². The minimum Gasteiger partial charge on any atom is -0.329 e. The summed E-state index contributed by atoms with van der Waals surface area (Å²) in [6.07, 6.45) is 13.8. The molecule has 2 nitrogen and oxygen atoms in total. The van der Waals surface area contributed by atoms with Gasteiger partial charge in [-0.05, 0) is 44.6 Å². The van der Waals surface area contributed by atoms with E-state index in [2.05, 4.69) is 25.8 Å². The number of rotatable bonds is 3. The molecule has 0 aromatic rings. The van der Waals surface area contributed by atoms with Gasteiger partial charge in [0.1, 0.15) is 0 Å². The molecule has 1 atom stereocenters. The average Bonchev–Trinajstić information content (AvgIpc) is 2.65. The quantitative estimate of drug-likeness (QED) is 0.784. The van der Waals surface area contributed by atoms with Crippen LogP contribution < -0.4 is 5.73 Å². The Bertz CT molecular complexity index is 279. The molecule has 0 spiro atoms. The fourth-order valence-electron chi connectivity index (χ4n) is 4.62. The molecule has 2 heteroatoms. The second-order valence-electron chi connectivity index (χ2n) is 7.88. The van der Waals surface area contributed by atoms with E-state index in [0.717, 1.165) is 12.6 Å². The Labute approximate surface area is 120 Å². The third kappa shape index (κ3) is 3.52. The summed E-state index contributed by atoms with van der Waals surface area (Å²) >= 11 is 0. The first-order chi connectivity index (χ1) is 8.99. The summed E-state index contributed by atoms with van der Waals surface area (Å²) in [5, 5.41) is 0. The molecule has 1 unspecified atom stereocenters. The molecule has 0 aromatic heterocycles. The predicted octanol–water partition coefficient (Wildman–Crippen LogP) is 3.94. The SMILES string of the molecule is CN(C1CCCCCC1)C1(CN)CCCC(C)(C)C1. The van der Waals surface area contributed by atoms with Gasteiger partial charge in [0, 0.05) is 18.1 Å². The predicted molar refractivity (Wildman–Crippen MR) is 83.3 cm³/mol. The zero-order chi connectivity index (χ0) is 13.9. The molecule has 2 N–H and O–H groups in total. The highest BCUT2D eigenvalue weighted by molar-refractivity contribution is 5.00. The van der Waals surface area contributed by atoms with Crippen LogP contribution >= 0.6 is 0 Å². The van der Waals surface area contributed by atoms with Crippen LogP contribution in [0.5, 0.6) is 0 Å². The normalized spacial score (nSPS) is 33.3. The van der Waals surface area contributed by atoms with Gasteiger partial charge in [-0.3, -0.25) is 4.90 Å². The van der Waals surface area contributed by atoms with Crippen molar-refractivity contribution < 1.29 is 0 Å². The number of hydrogen-bond donors (Lipinski definition) is 1. The summed E-state index contributed by atoms with van der Waals surface area (Å²) in [5.41, 5.74) is 7.01. The van der Waals surface area contributed by atoms with E-state index in [-0.39, 0.29) is 5.54 Å². The van der Waals surface area contributed by atoms with Gasteiger partial charge in [0.25, 0.3) is 0 Å². The maximum atomic E-state index is 6.26. The zero-order valence-corrected chi connectivity index (χ0v) is 13.4. The van der Waals surface area contributed by atoms with Gasteiger partial charge in [-0.25, -0.2) is 0 Å². The lowest BCUT2D eigenvalue weighted by atomic mass is 9.67. The van der Waals surface area contributed by atoms with Gasteiger partial charge in [-0.15, -0.1) is 0 Å². The van der Waals surface area contributed by atoms with Crippen LogP contribution in [-0.2, 0) is 0 Å². The summed E-state index contributed by atoms with van der Waals surface area (Å²) in [5.74, 6) is 0. The smallest absolute Gasteiger partial charge is 0.0336 e. The van der Waals surface area contributed by atoms with Crippen molar-refractivity contribution in [2.24, 2.45) is 11.1 Å². The van der Waals surface area contributed by atoms with E-state index in [0.29, 0.717) is 5.41 Å². The fraction of sp³-hybridized carbons (Fsp3) is 1.00. The van der Waals surface area contributed by atoms with Crippen LogP contribution in [0.4, 0.5) is 0 Å². The van der Waals surface area contributed by atoms with Crippen LogP contribution in [-0.4, -0.2) is 30.1 Å². The maximum Gasteiger partial charge on any atom is 0.0336 e. The largest absolute Gasteiger partial charge is 0.329 e. The fourth-order valence-corrected chi connectivity index (χ4v) is 4.62. The molecule has 0 radical (unpaired) electrons. The van der Waals surface area contributed by atoms with Crippen molar-refractivity contribution in [3.8, 4) is 0 Å². The molecule has 19 heavy (non-hydrogen) atoms. The molecular formula is C17H34N2. The first-order valence-electron chi connectivity index (χ1n) is 8.42. The van der Waals surface area contributed by atoms with Crippen molar-refractivity contribution in [1.29, 1.82) is 0 Å². The Morgan fingerprint density at radius 3 is 2.16 bits per heavy atom. The third-order valence-electron chi connectivity index (χ3n) is 5.80. The van der Waals surface area contributed by atoms with Crippen molar-refractivity contribution in [2.45, 2.75) is 89.6 Å². The molecule has 2 rings (SSSR count). The summed E-state index contributed by atoms with van der Waals surface area (Å²) < 4.78 is 0. The van der Waals surface area contributed by atoms with Gasteiger partial charge >= 0.3 is 0 Å². The highest BCUT2D eigenvalue weighted by atomic mass is 15.2. The molecule has 112 valence electrons. The van der Waals surface area contributed by atoms with Gasteiger partial charge in [-0.2, -0.15) is 0 Å². The van der Waals surface area contributed by atoms with Crippen LogP contribution in [0.1, 0.15) is 78.1 Å². The van der Waals surface area contributed by atoms with E-state index < -0.39 is 0 Å². The van der Waals surface area contributed by atoms with Crippen molar-refractivity contribution >= 4 is 0 Å². The lowest BCUT2D eigenvalue weighted by molar-refractivity contribution is -0.00377. The Morgan fingerprint density at radius 2 is 1.63 bits per heavy atom. The van der Waals surface area contributed by atoms with E-state index in [1.54, 1.807) is 0 Å². The molecule has 2 saturated carbocycles. The first kappa shape index (κ1) is 15.3. The lowest BCUT2D eigenvalue weighted by Gasteiger charge is -2.52. The molecule has 2 aliphatic carbocycles. The average molecular weight is 266 g/mol. The van der Waals surface area contributed by atoms with Gasteiger partial charge in [0.15, 0.2) is 0 Å². The Hall–Kier alpha value is -0.0800. The number of hydrogen-bond acceptors (Lipinski definition) is 2. The van der Waals surface area contributed by atoms with E-state index >= 15 is 0 Å². The second-order valence-corrected chi connectivity index (χ2v) is 7.88. The van der Waals surface area contributed by atoms with E-state index in [1.807, 2.05) is 0 Å². The molecule has 0 aromatic carbocycles. The second kappa shape index (κ2) is 6.13. The number of nitrogens with two attached hydrogens (primary N) is 1. The van der Waals surface area contributed by atoms with Gasteiger partial charge < -0.3 is 5.73 Å². The molecule has 2 aliphatic rings. The summed E-state index contributed by atoms with van der Waals surface area (Å²) in [7, 11) is 2.37. The zero-order valence-electron chi connectivity index (χ0n) is 13.4. The van der Waals surface area contributed by atoms with Crippen molar-refractivity contribution in [1.82, 2.24) is 4.90 Å². The summed E-state index contributed by atoms with van der Waals surface area (Å²) in [4.78, 5) is 2.71. The van der Waals surface area contributed by atoms with E-state index in [1.165, 1.54) is 64.2 Å². The van der Waals surface area contributed by atoms with Crippen LogP contribution in [0.15, 0.2) is 0 Å².